The van der Waals surface area contributed by atoms with Gasteiger partial charge in [0.25, 0.3) is 0 Å². The molecule has 0 saturated carbocycles. The molecule has 1 aromatic carbocycles. The van der Waals surface area contributed by atoms with E-state index in [2.05, 4.69) is 11.4 Å². The van der Waals surface area contributed by atoms with Crippen LogP contribution >= 0.6 is 0 Å². The maximum absolute atomic E-state index is 11.7. The minimum atomic E-state index is -0.757. The molecule has 0 spiro atoms. The number of piperidine rings is 1. The van der Waals surface area contributed by atoms with Crippen molar-refractivity contribution in [2.45, 2.75) is 31.3 Å². The largest absolute Gasteiger partial charge is 0.384 e. The minimum Gasteiger partial charge on any atom is -0.384 e. The number of anilines is 1. The van der Waals surface area contributed by atoms with Gasteiger partial charge in [0, 0.05) is 25.7 Å². The van der Waals surface area contributed by atoms with E-state index in [1.807, 2.05) is 19.2 Å². The van der Waals surface area contributed by atoms with Gasteiger partial charge in [0.1, 0.15) is 5.60 Å². The molecule has 1 atom stereocenters. The molecule has 2 aliphatic rings. The fourth-order valence-corrected chi connectivity index (χ4v) is 3.08. The van der Waals surface area contributed by atoms with E-state index in [1.165, 1.54) is 5.56 Å². The van der Waals surface area contributed by atoms with E-state index in [0.29, 0.717) is 13.0 Å². The van der Waals surface area contributed by atoms with Gasteiger partial charge in [-0.15, -0.1) is 0 Å². The van der Waals surface area contributed by atoms with Crippen LogP contribution in [0.25, 0.3) is 0 Å². The van der Waals surface area contributed by atoms with Crippen molar-refractivity contribution in [1.29, 1.82) is 0 Å². The molecular weight excluding hydrogens is 240 g/mol. The molecule has 4 heteroatoms. The van der Waals surface area contributed by atoms with Crippen LogP contribution in [0.5, 0.6) is 0 Å². The Kier molecular flexibility index (Phi) is 3.07. The van der Waals surface area contributed by atoms with Gasteiger partial charge in [0.2, 0.25) is 5.91 Å². The van der Waals surface area contributed by atoms with Gasteiger partial charge in [0.15, 0.2) is 0 Å². The quantitative estimate of drug-likeness (QED) is 0.797. The summed E-state index contributed by atoms with van der Waals surface area (Å²) < 4.78 is 0. The Morgan fingerprint density at radius 1 is 1.37 bits per heavy atom. The van der Waals surface area contributed by atoms with Gasteiger partial charge in [-0.1, -0.05) is 12.1 Å². The summed E-state index contributed by atoms with van der Waals surface area (Å²) in [6.07, 6.45) is 3.12. The van der Waals surface area contributed by atoms with Crippen LogP contribution < -0.4 is 10.2 Å². The summed E-state index contributed by atoms with van der Waals surface area (Å²) in [6.45, 7) is 1.59. The average Bonchev–Trinajstić information content (AvgIpc) is 2.43. The van der Waals surface area contributed by atoms with Gasteiger partial charge < -0.3 is 15.3 Å². The van der Waals surface area contributed by atoms with Crippen molar-refractivity contribution in [2.75, 3.05) is 25.0 Å². The number of carbonyl (C=O) groups excluding carboxylic acids is 1. The van der Waals surface area contributed by atoms with Gasteiger partial charge >= 0.3 is 0 Å². The first-order chi connectivity index (χ1) is 9.10. The Morgan fingerprint density at radius 3 is 2.95 bits per heavy atom. The minimum absolute atomic E-state index is 0.165. The van der Waals surface area contributed by atoms with Crippen molar-refractivity contribution < 1.29 is 9.90 Å². The smallest absolute Gasteiger partial charge is 0.227 e. The van der Waals surface area contributed by atoms with Crippen LogP contribution in [0.3, 0.4) is 0 Å². The lowest BCUT2D eigenvalue weighted by Gasteiger charge is -2.34. The molecule has 3 rings (SSSR count). The Balaban J connectivity index is 1.95. The summed E-state index contributed by atoms with van der Waals surface area (Å²) in [6, 6.07) is 6.00. The van der Waals surface area contributed by atoms with Crippen LogP contribution in [0.1, 0.15) is 30.4 Å². The van der Waals surface area contributed by atoms with Crippen molar-refractivity contribution in [3.05, 3.63) is 29.3 Å². The molecule has 1 saturated heterocycles. The molecule has 2 aliphatic heterocycles. The van der Waals surface area contributed by atoms with E-state index >= 15 is 0 Å². The average molecular weight is 260 g/mol. The van der Waals surface area contributed by atoms with E-state index in [0.717, 1.165) is 37.1 Å². The summed E-state index contributed by atoms with van der Waals surface area (Å²) in [5.41, 5.74) is 2.36. The number of aryl methyl sites for hydroxylation is 1. The molecule has 2 heterocycles. The molecule has 0 radical (unpaired) electrons. The number of β-amino-alcohol motifs (C(OH)–C–C–N with tert-alkyl or cyclic N) is 1. The number of rotatable bonds is 1. The first-order valence-corrected chi connectivity index (χ1v) is 6.93. The Bertz CT molecular complexity index is 507. The maximum atomic E-state index is 11.7. The molecule has 0 bridgehead atoms. The highest BCUT2D eigenvalue weighted by molar-refractivity contribution is 5.95. The lowest BCUT2D eigenvalue weighted by molar-refractivity contribution is -0.118. The third-order valence-electron chi connectivity index (χ3n) is 4.32. The molecule has 0 aromatic heterocycles. The maximum Gasteiger partial charge on any atom is 0.227 e. The summed E-state index contributed by atoms with van der Waals surface area (Å²) in [5.74, 6) is 0.165. The monoisotopic (exact) mass is 260 g/mol. The van der Waals surface area contributed by atoms with Crippen molar-refractivity contribution in [1.82, 2.24) is 5.32 Å². The highest BCUT2D eigenvalue weighted by Crippen LogP contribution is 2.34. The lowest BCUT2D eigenvalue weighted by atomic mass is 9.84. The third-order valence-corrected chi connectivity index (χ3v) is 4.32. The van der Waals surface area contributed by atoms with Crippen LogP contribution in [-0.2, 0) is 16.8 Å². The first-order valence-electron chi connectivity index (χ1n) is 6.93. The van der Waals surface area contributed by atoms with Gasteiger partial charge in [-0.3, -0.25) is 4.79 Å². The SMILES string of the molecule is CN1C(=O)CCc2cc(C3(O)CCCNC3)ccc21. The van der Waals surface area contributed by atoms with Crippen molar-refractivity contribution in [3.63, 3.8) is 0 Å². The zero-order valence-corrected chi connectivity index (χ0v) is 11.3. The summed E-state index contributed by atoms with van der Waals surface area (Å²) in [7, 11) is 1.82. The van der Waals surface area contributed by atoms with Gasteiger partial charge in [0.05, 0.1) is 0 Å². The van der Waals surface area contributed by atoms with Crippen LogP contribution in [0, 0.1) is 0 Å². The molecule has 0 aliphatic carbocycles. The highest BCUT2D eigenvalue weighted by atomic mass is 16.3. The normalized spacial score (nSPS) is 27.3. The van der Waals surface area contributed by atoms with Crippen molar-refractivity contribution in [2.24, 2.45) is 0 Å². The zero-order valence-electron chi connectivity index (χ0n) is 11.3. The molecular formula is C15H20N2O2. The van der Waals surface area contributed by atoms with Crippen LogP contribution in [0.15, 0.2) is 18.2 Å². The fraction of sp³-hybridized carbons (Fsp3) is 0.533. The molecule has 102 valence electrons. The molecule has 1 unspecified atom stereocenters. The number of nitrogens with one attached hydrogen (secondary N) is 1. The number of fused-ring (bicyclic) bond motifs is 1. The molecule has 1 amide bonds. The van der Waals surface area contributed by atoms with E-state index < -0.39 is 5.60 Å². The molecule has 19 heavy (non-hydrogen) atoms. The van der Waals surface area contributed by atoms with Crippen molar-refractivity contribution in [3.8, 4) is 0 Å². The molecule has 1 aromatic rings. The van der Waals surface area contributed by atoms with E-state index in [4.69, 9.17) is 0 Å². The Labute approximate surface area is 113 Å². The molecule has 2 N–H and O–H groups in total. The number of hydrogen-bond donors (Lipinski definition) is 2. The fourth-order valence-electron chi connectivity index (χ4n) is 3.08. The predicted molar refractivity (Wildman–Crippen MR) is 74.2 cm³/mol. The molecule has 1 fully saturated rings. The molecule has 4 nitrogen and oxygen atoms in total. The standard InChI is InChI=1S/C15H20N2O2/c1-17-13-5-4-12(9-11(13)3-6-14(17)18)15(19)7-2-8-16-10-15/h4-5,9,16,19H,2-3,6-8,10H2,1H3. The third kappa shape index (κ3) is 2.15. The van der Waals surface area contributed by atoms with Crippen LogP contribution in [-0.4, -0.2) is 31.2 Å². The van der Waals surface area contributed by atoms with E-state index in [-0.39, 0.29) is 5.91 Å². The first kappa shape index (κ1) is 12.6. The number of hydrogen-bond acceptors (Lipinski definition) is 3. The summed E-state index contributed by atoms with van der Waals surface area (Å²) in [4.78, 5) is 13.4. The summed E-state index contributed by atoms with van der Waals surface area (Å²) >= 11 is 0. The zero-order chi connectivity index (χ0) is 13.5. The second-order valence-corrected chi connectivity index (χ2v) is 5.61. The predicted octanol–water partition coefficient (Wildman–Crippen LogP) is 1.17. The van der Waals surface area contributed by atoms with Crippen molar-refractivity contribution >= 4 is 11.6 Å². The Hall–Kier alpha value is -1.39. The van der Waals surface area contributed by atoms with Crippen LogP contribution in [0.2, 0.25) is 0 Å². The number of benzene rings is 1. The topological polar surface area (TPSA) is 52.6 Å². The summed E-state index contributed by atoms with van der Waals surface area (Å²) in [5, 5.41) is 14.0. The number of aliphatic hydroxyl groups is 1. The van der Waals surface area contributed by atoms with Gasteiger partial charge in [-0.05, 0) is 43.0 Å². The lowest BCUT2D eigenvalue weighted by Crippen LogP contribution is -2.43. The van der Waals surface area contributed by atoms with Gasteiger partial charge in [-0.2, -0.15) is 0 Å². The highest BCUT2D eigenvalue weighted by Gasteiger charge is 2.32. The van der Waals surface area contributed by atoms with Gasteiger partial charge in [-0.25, -0.2) is 0 Å². The second kappa shape index (κ2) is 4.62. The Morgan fingerprint density at radius 2 is 2.21 bits per heavy atom. The number of carbonyl (C=O) groups is 1. The number of amides is 1. The van der Waals surface area contributed by atoms with Crippen LogP contribution in [0.4, 0.5) is 5.69 Å². The second-order valence-electron chi connectivity index (χ2n) is 5.61. The number of nitrogens with zero attached hydrogens (tertiary/aromatic N) is 1. The van der Waals surface area contributed by atoms with E-state index in [1.54, 1.807) is 4.90 Å². The van der Waals surface area contributed by atoms with E-state index in [9.17, 15) is 9.90 Å².